The van der Waals surface area contributed by atoms with E-state index in [1.54, 1.807) is 49.7 Å². The summed E-state index contributed by atoms with van der Waals surface area (Å²) in [5.74, 6) is 0.756. The average molecular weight is 434 g/mol. The predicted octanol–water partition coefficient (Wildman–Crippen LogP) is 5.15. The topological polar surface area (TPSA) is 127 Å². The van der Waals surface area contributed by atoms with Crippen LogP contribution < -0.4 is 10.5 Å². The lowest BCUT2D eigenvalue weighted by Gasteiger charge is -2.09. The summed E-state index contributed by atoms with van der Waals surface area (Å²) in [6.07, 6.45) is 1.55. The molecule has 1 aromatic heterocycles. The van der Waals surface area contributed by atoms with Crippen molar-refractivity contribution in [2.75, 3.05) is 12.8 Å². The quantitative estimate of drug-likeness (QED) is 0.254. The summed E-state index contributed by atoms with van der Waals surface area (Å²) in [7, 11) is -2.87. The maximum atomic E-state index is 11.8. The van der Waals surface area contributed by atoms with E-state index in [-0.39, 0.29) is 16.3 Å². The van der Waals surface area contributed by atoms with Gasteiger partial charge >= 0.3 is 0 Å². The molecule has 0 aliphatic heterocycles. The second-order valence-corrected chi connectivity index (χ2v) is 8.05. The van der Waals surface area contributed by atoms with Crippen LogP contribution in [0.5, 0.6) is 5.75 Å². The van der Waals surface area contributed by atoms with Gasteiger partial charge in [-0.1, -0.05) is 24.3 Å². The summed E-state index contributed by atoms with van der Waals surface area (Å²) in [5.41, 5.74) is 8.68. The lowest BCUT2D eigenvalue weighted by atomic mass is 10.1. The molecule has 0 fully saturated rings. The van der Waals surface area contributed by atoms with Gasteiger partial charge in [0.1, 0.15) is 22.0 Å². The molecule has 1 heterocycles. The summed E-state index contributed by atoms with van der Waals surface area (Å²) in [6.45, 7) is 0. The third-order valence-corrected chi connectivity index (χ3v) is 5.60. The SMILES string of the molecule is COc1ccc(-c2ccc(/N=N/c3cc(S(=O)(=O)O)c4ccccc4c3N)cn2)cc1. The van der Waals surface area contributed by atoms with Crippen molar-refractivity contribution in [1.29, 1.82) is 0 Å². The molecule has 0 unspecified atom stereocenters. The number of anilines is 1. The first kappa shape index (κ1) is 20.5. The van der Waals surface area contributed by atoms with E-state index in [0.29, 0.717) is 16.5 Å². The third kappa shape index (κ3) is 4.23. The molecule has 0 saturated heterocycles. The number of nitrogen functional groups attached to an aromatic ring is 1. The van der Waals surface area contributed by atoms with Crippen LogP contribution in [-0.4, -0.2) is 25.1 Å². The number of azo groups is 1. The Bertz CT molecular complexity index is 1380. The predicted molar refractivity (Wildman–Crippen MR) is 119 cm³/mol. The van der Waals surface area contributed by atoms with Gasteiger partial charge in [0.05, 0.1) is 24.7 Å². The monoisotopic (exact) mass is 434 g/mol. The fourth-order valence-electron chi connectivity index (χ4n) is 3.14. The zero-order valence-electron chi connectivity index (χ0n) is 16.4. The molecule has 8 nitrogen and oxygen atoms in total. The smallest absolute Gasteiger partial charge is 0.295 e. The molecule has 3 N–H and O–H groups in total. The van der Waals surface area contributed by atoms with Crippen molar-refractivity contribution in [3.05, 3.63) is 72.9 Å². The lowest BCUT2D eigenvalue weighted by Crippen LogP contribution is -2.01. The van der Waals surface area contributed by atoms with Gasteiger partial charge in [-0.15, -0.1) is 10.2 Å². The molecular formula is C22H18N4O4S. The third-order valence-electron chi connectivity index (χ3n) is 4.71. The Kier molecular flexibility index (Phi) is 5.37. The Labute approximate surface area is 178 Å². The highest BCUT2D eigenvalue weighted by atomic mass is 32.2. The van der Waals surface area contributed by atoms with E-state index in [1.165, 1.54) is 6.07 Å². The van der Waals surface area contributed by atoms with Crippen LogP contribution in [0.3, 0.4) is 0 Å². The van der Waals surface area contributed by atoms with Gasteiger partial charge in [-0.3, -0.25) is 9.54 Å². The highest BCUT2D eigenvalue weighted by Crippen LogP contribution is 2.36. The summed E-state index contributed by atoms with van der Waals surface area (Å²) in [4.78, 5) is 4.11. The van der Waals surface area contributed by atoms with E-state index in [9.17, 15) is 13.0 Å². The molecule has 0 aliphatic rings. The van der Waals surface area contributed by atoms with Crippen molar-refractivity contribution in [2.24, 2.45) is 10.2 Å². The molecule has 0 amide bonds. The molecule has 9 heteroatoms. The molecule has 0 spiro atoms. The van der Waals surface area contributed by atoms with E-state index < -0.39 is 10.1 Å². The van der Waals surface area contributed by atoms with Crippen molar-refractivity contribution >= 4 is 38.0 Å². The minimum Gasteiger partial charge on any atom is -0.497 e. The van der Waals surface area contributed by atoms with Crippen LogP contribution >= 0.6 is 0 Å². The van der Waals surface area contributed by atoms with Gasteiger partial charge in [0.15, 0.2) is 0 Å². The minimum atomic E-state index is -4.47. The van der Waals surface area contributed by atoms with E-state index in [0.717, 1.165) is 17.0 Å². The summed E-state index contributed by atoms with van der Waals surface area (Å²) in [5, 5.41) is 8.98. The molecule has 3 aromatic carbocycles. The number of ether oxygens (including phenoxy) is 1. The zero-order chi connectivity index (χ0) is 22.0. The van der Waals surface area contributed by atoms with E-state index >= 15 is 0 Å². The van der Waals surface area contributed by atoms with Gasteiger partial charge in [0.2, 0.25) is 0 Å². The molecule has 156 valence electrons. The molecule has 0 bridgehead atoms. The van der Waals surface area contributed by atoms with Crippen LogP contribution in [0.2, 0.25) is 0 Å². The number of hydrogen-bond donors (Lipinski definition) is 2. The number of rotatable bonds is 5. The van der Waals surface area contributed by atoms with Gasteiger partial charge in [0, 0.05) is 16.3 Å². The lowest BCUT2D eigenvalue weighted by molar-refractivity contribution is 0.415. The van der Waals surface area contributed by atoms with Crippen LogP contribution in [0.25, 0.3) is 22.0 Å². The Balaban J connectivity index is 1.67. The molecule has 4 aromatic rings. The maximum Gasteiger partial charge on any atom is 0.295 e. The summed E-state index contributed by atoms with van der Waals surface area (Å²) < 4.78 is 38.4. The number of benzene rings is 3. The van der Waals surface area contributed by atoms with Crippen LogP contribution in [0.4, 0.5) is 17.1 Å². The number of nitrogens with zero attached hydrogens (tertiary/aromatic N) is 3. The molecule has 4 rings (SSSR count). The highest BCUT2D eigenvalue weighted by Gasteiger charge is 2.18. The molecule has 0 saturated carbocycles. The van der Waals surface area contributed by atoms with Crippen molar-refractivity contribution in [3.63, 3.8) is 0 Å². The summed E-state index contributed by atoms with van der Waals surface area (Å²) >= 11 is 0. The van der Waals surface area contributed by atoms with Gasteiger partial charge in [-0.25, -0.2) is 0 Å². The first-order chi connectivity index (χ1) is 14.9. The van der Waals surface area contributed by atoms with Crippen molar-refractivity contribution < 1.29 is 17.7 Å². The first-order valence-corrected chi connectivity index (χ1v) is 10.6. The Morgan fingerprint density at radius 1 is 0.968 bits per heavy atom. The number of aromatic nitrogens is 1. The van der Waals surface area contributed by atoms with Crippen LogP contribution in [0.15, 0.2) is 88.1 Å². The Morgan fingerprint density at radius 3 is 2.29 bits per heavy atom. The van der Waals surface area contributed by atoms with E-state index in [2.05, 4.69) is 15.2 Å². The molecule has 0 atom stereocenters. The highest BCUT2D eigenvalue weighted by molar-refractivity contribution is 7.86. The van der Waals surface area contributed by atoms with Gasteiger partial charge < -0.3 is 10.5 Å². The van der Waals surface area contributed by atoms with Crippen LogP contribution in [0.1, 0.15) is 0 Å². The minimum absolute atomic E-state index is 0.130. The van der Waals surface area contributed by atoms with Crippen LogP contribution in [-0.2, 0) is 10.1 Å². The Morgan fingerprint density at radius 2 is 1.68 bits per heavy atom. The van der Waals surface area contributed by atoms with Gasteiger partial charge in [0.25, 0.3) is 10.1 Å². The number of fused-ring (bicyclic) bond motifs is 1. The number of hydrogen-bond acceptors (Lipinski definition) is 7. The molecular weight excluding hydrogens is 416 g/mol. The number of methoxy groups -OCH3 is 1. The maximum absolute atomic E-state index is 11.8. The fourth-order valence-corrected chi connectivity index (χ4v) is 3.85. The van der Waals surface area contributed by atoms with E-state index in [1.807, 2.05) is 24.3 Å². The molecule has 0 aliphatic carbocycles. The number of nitrogens with two attached hydrogens (primary N) is 1. The molecule has 0 radical (unpaired) electrons. The largest absolute Gasteiger partial charge is 0.497 e. The van der Waals surface area contributed by atoms with Crippen molar-refractivity contribution in [3.8, 4) is 17.0 Å². The first-order valence-electron chi connectivity index (χ1n) is 9.18. The fraction of sp³-hybridized carbons (Fsp3) is 0.0455. The van der Waals surface area contributed by atoms with Crippen molar-refractivity contribution in [1.82, 2.24) is 4.98 Å². The standard InChI is InChI=1S/C22H18N4O4S/c1-30-16-9-6-14(7-10-16)19-11-8-15(13-24-19)25-26-20-12-21(31(27,28)29)17-4-2-3-5-18(17)22(20)23/h2-13H,23H2,1H3,(H,27,28,29)/b26-25+. The molecule has 31 heavy (non-hydrogen) atoms. The second-order valence-electron chi connectivity index (χ2n) is 6.66. The zero-order valence-corrected chi connectivity index (χ0v) is 17.2. The second kappa shape index (κ2) is 8.13. The van der Waals surface area contributed by atoms with Gasteiger partial charge in [-0.05, 0) is 42.5 Å². The average Bonchev–Trinajstić information content (AvgIpc) is 2.78. The Hall–Kier alpha value is -3.82. The normalized spacial score (nSPS) is 11.8. The van der Waals surface area contributed by atoms with E-state index in [4.69, 9.17) is 10.5 Å². The van der Waals surface area contributed by atoms with Crippen LogP contribution in [0, 0.1) is 0 Å². The number of pyridine rings is 1. The summed E-state index contributed by atoms with van der Waals surface area (Å²) in [6, 6.07) is 18.8. The van der Waals surface area contributed by atoms with Gasteiger partial charge in [-0.2, -0.15) is 8.42 Å². The van der Waals surface area contributed by atoms with Crippen molar-refractivity contribution in [2.45, 2.75) is 4.90 Å².